The van der Waals surface area contributed by atoms with Gasteiger partial charge in [0.25, 0.3) is 10.0 Å². The first-order chi connectivity index (χ1) is 8.75. The molecule has 0 aliphatic carbocycles. The van der Waals surface area contributed by atoms with Gasteiger partial charge >= 0.3 is 6.18 Å². The van der Waals surface area contributed by atoms with Gasteiger partial charge in [0, 0.05) is 6.54 Å². The van der Waals surface area contributed by atoms with Gasteiger partial charge in [0.2, 0.25) is 5.96 Å². The van der Waals surface area contributed by atoms with Gasteiger partial charge in [-0.2, -0.15) is 21.6 Å². The summed E-state index contributed by atoms with van der Waals surface area (Å²) in [4.78, 5) is -0.843. The summed E-state index contributed by atoms with van der Waals surface area (Å²) < 4.78 is 65.4. The van der Waals surface area contributed by atoms with Crippen LogP contribution in [0, 0.1) is 0 Å². The number of hydrogen-bond acceptors (Lipinski definition) is 4. The molecule has 0 amide bonds. The molecule has 2 rings (SSSR count). The van der Waals surface area contributed by atoms with Crippen LogP contribution in [-0.4, -0.2) is 20.9 Å². The number of rotatable bonds is 1. The molecular weight excluding hydrogens is 283 g/mol. The van der Waals surface area contributed by atoms with E-state index in [-0.39, 0.29) is 11.6 Å². The minimum Gasteiger partial charge on any atom is -0.355 e. The van der Waals surface area contributed by atoms with Gasteiger partial charge < -0.3 is 10.6 Å². The average molecular weight is 293 g/mol. The quantitative estimate of drug-likeness (QED) is 0.828. The molecule has 0 fully saturated rings. The van der Waals surface area contributed by atoms with Crippen LogP contribution in [-0.2, 0) is 16.2 Å². The Morgan fingerprint density at radius 2 is 2.05 bits per heavy atom. The zero-order valence-electron chi connectivity index (χ0n) is 9.75. The number of hydrogen-bond donors (Lipinski definition) is 2. The molecule has 0 spiro atoms. The molecule has 1 aromatic carbocycles. The summed E-state index contributed by atoms with van der Waals surface area (Å²) in [5.74, 6) is -0.0886. The van der Waals surface area contributed by atoms with Crippen molar-refractivity contribution in [1.29, 1.82) is 0 Å². The zero-order chi connectivity index (χ0) is 14.3. The zero-order valence-corrected chi connectivity index (χ0v) is 10.6. The third-order valence-corrected chi connectivity index (χ3v) is 3.77. The van der Waals surface area contributed by atoms with Crippen LogP contribution in [0.5, 0.6) is 0 Å². The van der Waals surface area contributed by atoms with Crippen LogP contribution in [0.2, 0.25) is 0 Å². The first-order valence-electron chi connectivity index (χ1n) is 5.32. The lowest BCUT2D eigenvalue weighted by Crippen LogP contribution is -2.35. The summed E-state index contributed by atoms with van der Waals surface area (Å²) in [7, 11) is -4.38. The second-order valence-corrected chi connectivity index (χ2v) is 5.29. The van der Waals surface area contributed by atoms with Crippen molar-refractivity contribution in [3.63, 3.8) is 0 Å². The summed E-state index contributed by atoms with van der Waals surface area (Å²) in [5.41, 5.74) is -1.36. The number of benzene rings is 1. The highest BCUT2D eigenvalue weighted by molar-refractivity contribution is 7.90. The van der Waals surface area contributed by atoms with Crippen molar-refractivity contribution < 1.29 is 21.6 Å². The molecule has 1 aliphatic rings. The van der Waals surface area contributed by atoms with Crippen molar-refractivity contribution in [2.45, 2.75) is 18.0 Å². The highest BCUT2D eigenvalue weighted by atomic mass is 32.2. The molecule has 0 radical (unpaired) electrons. The molecule has 0 aromatic heterocycles. The van der Waals surface area contributed by atoms with E-state index in [0.717, 1.165) is 6.07 Å². The number of fused-ring (bicyclic) bond motifs is 1. The van der Waals surface area contributed by atoms with Crippen LogP contribution in [0.1, 0.15) is 12.5 Å². The number of halogens is 3. The summed E-state index contributed by atoms with van der Waals surface area (Å²) in [6.07, 6.45) is -4.76. The van der Waals surface area contributed by atoms with Crippen LogP contribution >= 0.6 is 0 Å². The van der Waals surface area contributed by atoms with Crippen molar-refractivity contribution in [2.24, 2.45) is 4.40 Å². The maximum atomic E-state index is 12.8. The monoisotopic (exact) mass is 293 g/mol. The van der Waals surface area contributed by atoms with E-state index in [9.17, 15) is 21.6 Å². The second kappa shape index (κ2) is 4.41. The van der Waals surface area contributed by atoms with Crippen LogP contribution in [0.3, 0.4) is 0 Å². The van der Waals surface area contributed by atoms with E-state index < -0.39 is 26.7 Å². The van der Waals surface area contributed by atoms with E-state index in [1.165, 1.54) is 6.07 Å². The number of alkyl halides is 3. The molecule has 0 bridgehead atoms. The molecule has 2 N–H and O–H groups in total. The normalized spacial score (nSPS) is 17.2. The van der Waals surface area contributed by atoms with Gasteiger partial charge in [0.15, 0.2) is 0 Å². The fourth-order valence-corrected chi connectivity index (χ4v) is 3.00. The largest absolute Gasteiger partial charge is 0.417 e. The Bertz CT molecular complexity index is 638. The Morgan fingerprint density at radius 3 is 2.63 bits per heavy atom. The standard InChI is InChI=1S/C10H10F3N3O2S/c1-2-14-9-15-7-5-3-4-6(10(11,12)13)8(7)19(17,18)16-9/h3-5H,2H2,1H3,(H2,14,15,16). The minimum atomic E-state index is -4.76. The van der Waals surface area contributed by atoms with Crippen molar-refractivity contribution in [3.8, 4) is 0 Å². The van der Waals surface area contributed by atoms with Crippen LogP contribution in [0.15, 0.2) is 27.5 Å². The molecule has 0 atom stereocenters. The maximum Gasteiger partial charge on any atom is 0.417 e. The predicted molar refractivity (Wildman–Crippen MR) is 63.4 cm³/mol. The molecule has 1 aliphatic heterocycles. The molecule has 0 unspecified atom stereocenters. The van der Waals surface area contributed by atoms with Crippen molar-refractivity contribution in [3.05, 3.63) is 23.8 Å². The van der Waals surface area contributed by atoms with E-state index in [1.54, 1.807) is 6.92 Å². The van der Waals surface area contributed by atoms with E-state index in [2.05, 4.69) is 15.0 Å². The van der Waals surface area contributed by atoms with Crippen molar-refractivity contribution in [1.82, 2.24) is 5.32 Å². The number of sulfonamides is 1. The average Bonchev–Trinajstić information content (AvgIpc) is 2.26. The molecule has 0 saturated carbocycles. The molecule has 1 heterocycles. The van der Waals surface area contributed by atoms with E-state index in [4.69, 9.17) is 0 Å². The van der Waals surface area contributed by atoms with E-state index >= 15 is 0 Å². The van der Waals surface area contributed by atoms with E-state index in [1.807, 2.05) is 0 Å². The third-order valence-electron chi connectivity index (χ3n) is 2.39. The minimum absolute atomic E-state index is 0.0886. The Labute approximate surface area is 107 Å². The fourth-order valence-electron chi connectivity index (χ4n) is 1.70. The van der Waals surface area contributed by atoms with Crippen molar-refractivity contribution in [2.75, 3.05) is 11.9 Å². The molecule has 19 heavy (non-hydrogen) atoms. The van der Waals surface area contributed by atoms with Gasteiger partial charge in [-0.05, 0) is 19.1 Å². The summed E-state index contributed by atoms with van der Waals surface area (Å²) in [5, 5.41) is 5.14. The lowest BCUT2D eigenvalue weighted by Gasteiger charge is -2.21. The first-order valence-corrected chi connectivity index (χ1v) is 6.76. The molecular formula is C10H10F3N3O2S. The molecule has 9 heteroatoms. The summed E-state index contributed by atoms with van der Waals surface area (Å²) in [6, 6.07) is 3.11. The lowest BCUT2D eigenvalue weighted by atomic mass is 10.2. The highest BCUT2D eigenvalue weighted by Gasteiger charge is 2.40. The predicted octanol–water partition coefficient (Wildman–Crippen LogP) is 1.79. The second-order valence-electron chi connectivity index (χ2n) is 3.75. The van der Waals surface area contributed by atoms with Gasteiger partial charge in [0.05, 0.1) is 11.3 Å². The first kappa shape index (κ1) is 13.7. The summed E-state index contributed by atoms with van der Waals surface area (Å²) in [6.45, 7) is 2.09. The van der Waals surface area contributed by atoms with Gasteiger partial charge in [-0.25, -0.2) is 0 Å². The van der Waals surface area contributed by atoms with Gasteiger partial charge in [0.1, 0.15) is 4.90 Å². The van der Waals surface area contributed by atoms with Crippen LogP contribution in [0.4, 0.5) is 18.9 Å². The number of nitrogens with one attached hydrogen (secondary N) is 2. The van der Waals surface area contributed by atoms with Crippen LogP contribution in [0.25, 0.3) is 0 Å². The molecule has 1 aromatic rings. The number of nitrogens with zero attached hydrogens (tertiary/aromatic N) is 1. The Hall–Kier alpha value is -1.77. The number of guanidine groups is 1. The molecule has 5 nitrogen and oxygen atoms in total. The number of anilines is 1. The van der Waals surface area contributed by atoms with Gasteiger partial charge in [-0.15, -0.1) is 4.40 Å². The van der Waals surface area contributed by atoms with Gasteiger partial charge in [-0.1, -0.05) is 6.07 Å². The maximum absolute atomic E-state index is 12.8. The highest BCUT2D eigenvalue weighted by Crippen LogP contribution is 2.39. The summed E-state index contributed by atoms with van der Waals surface area (Å²) >= 11 is 0. The Balaban J connectivity index is 2.64. The van der Waals surface area contributed by atoms with Gasteiger partial charge in [-0.3, -0.25) is 0 Å². The SMILES string of the molecule is CCNC1=NS(=O)(=O)c2c(cccc2C(F)(F)F)N1. The Kier molecular flexibility index (Phi) is 3.17. The van der Waals surface area contributed by atoms with E-state index in [0.29, 0.717) is 12.6 Å². The van der Waals surface area contributed by atoms with Crippen molar-refractivity contribution >= 4 is 21.7 Å². The third kappa shape index (κ3) is 2.50. The topological polar surface area (TPSA) is 70.6 Å². The Morgan fingerprint density at radius 1 is 1.37 bits per heavy atom. The van der Waals surface area contributed by atoms with Crippen LogP contribution < -0.4 is 10.6 Å². The molecule has 104 valence electrons. The molecule has 0 saturated heterocycles. The fraction of sp³-hybridized carbons (Fsp3) is 0.300. The smallest absolute Gasteiger partial charge is 0.355 e. The lowest BCUT2D eigenvalue weighted by molar-refractivity contribution is -0.139.